The molecule has 19 heavy (non-hydrogen) atoms. The predicted octanol–water partition coefficient (Wildman–Crippen LogP) is 1.47. The van der Waals surface area contributed by atoms with Gasteiger partial charge in [-0.25, -0.2) is 5.84 Å². The van der Waals surface area contributed by atoms with Gasteiger partial charge in [-0.15, -0.1) is 0 Å². The maximum absolute atomic E-state index is 12.1. The molecule has 0 aromatic heterocycles. The Kier molecular flexibility index (Phi) is 5.79. The Morgan fingerprint density at radius 3 is 2.47 bits per heavy atom. The van der Waals surface area contributed by atoms with E-state index in [1.165, 1.54) is 0 Å². The molecule has 5 nitrogen and oxygen atoms in total. The minimum absolute atomic E-state index is 0.244. The van der Waals surface area contributed by atoms with Crippen LogP contribution in [0.5, 0.6) is 0 Å². The third kappa shape index (κ3) is 4.54. The highest BCUT2D eigenvalue weighted by atomic mass is 35.5. The molecule has 4 N–H and O–H groups in total. The van der Waals surface area contributed by atoms with Crippen molar-refractivity contribution in [2.75, 3.05) is 0 Å². The summed E-state index contributed by atoms with van der Waals surface area (Å²) in [5.41, 5.74) is 2.39. The van der Waals surface area contributed by atoms with Gasteiger partial charge in [-0.2, -0.15) is 0 Å². The van der Waals surface area contributed by atoms with Crippen LogP contribution in [0.3, 0.4) is 0 Å². The van der Waals surface area contributed by atoms with Crippen LogP contribution in [0, 0.1) is 5.92 Å². The van der Waals surface area contributed by atoms with Crippen molar-refractivity contribution in [2.24, 2.45) is 11.8 Å². The summed E-state index contributed by atoms with van der Waals surface area (Å²) >= 11 is 5.94. The molecule has 0 spiro atoms. The number of benzene rings is 1. The van der Waals surface area contributed by atoms with Crippen LogP contribution >= 0.6 is 11.6 Å². The Morgan fingerprint density at radius 2 is 1.95 bits per heavy atom. The average molecular weight is 284 g/mol. The van der Waals surface area contributed by atoms with Crippen LogP contribution in [0.25, 0.3) is 0 Å². The van der Waals surface area contributed by atoms with Crippen LogP contribution in [0.4, 0.5) is 0 Å². The van der Waals surface area contributed by atoms with Gasteiger partial charge in [0.05, 0.1) is 10.6 Å². The van der Waals surface area contributed by atoms with E-state index in [-0.39, 0.29) is 11.8 Å². The fourth-order valence-electron chi connectivity index (χ4n) is 1.68. The lowest BCUT2D eigenvalue weighted by Gasteiger charge is -2.19. The van der Waals surface area contributed by atoms with E-state index in [9.17, 15) is 9.59 Å². The summed E-state index contributed by atoms with van der Waals surface area (Å²) in [6, 6.07) is 5.99. The van der Waals surface area contributed by atoms with Crippen molar-refractivity contribution in [1.82, 2.24) is 10.7 Å². The van der Waals surface area contributed by atoms with Gasteiger partial charge in [0.15, 0.2) is 0 Å². The van der Waals surface area contributed by atoms with Crippen LogP contribution in [-0.2, 0) is 4.79 Å². The summed E-state index contributed by atoms with van der Waals surface area (Å²) in [7, 11) is 0. The Hall–Kier alpha value is -1.59. The fraction of sp³-hybridized carbons (Fsp3) is 0.385. The van der Waals surface area contributed by atoms with E-state index in [4.69, 9.17) is 17.4 Å². The van der Waals surface area contributed by atoms with Crippen LogP contribution in [0.2, 0.25) is 5.02 Å². The van der Waals surface area contributed by atoms with E-state index in [1.807, 2.05) is 13.8 Å². The maximum Gasteiger partial charge on any atom is 0.256 e. The lowest BCUT2D eigenvalue weighted by Crippen LogP contribution is -2.49. The summed E-state index contributed by atoms with van der Waals surface area (Å²) in [6.07, 6.45) is 0.499. The second-order valence-electron chi connectivity index (χ2n) is 4.64. The number of carbonyl (C=O) groups excluding carboxylic acids is 2. The smallest absolute Gasteiger partial charge is 0.256 e. The molecule has 2 amide bonds. The standard InChI is InChI=1S/C13H18ClN3O2/c1-8(2)7-11(13(19)17-15)16-12(18)9-5-3-4-6-10(9)14/h3-6,8,11H,7,15H2,1-2H3,(H,16,18)(H,17,19)/t11-/m1/s1. The summed E-state index contributed by atoms with van der Waals surface area (Å²) in [4.78, 5) is 23.7. The van der Waals surface area contributed by atoms with E-state index in [2.05, 4.69) is 10.7 Å². The molecule has 1 aromatic carbocycles. The number of rotatable bonds is 5. The SMILES string of the molecule is CC(C)C[C@@H](NC(=O)c1ccccc1Cl)C(=O)NN. The molecule has 0 saturated carbocycles. The zero-order valence-electron chi connectivity index (χ0n) is 10.9. The lowest BCUT2D eigenvalue weighted by molar-refractivity contribution is -0.123. The van der Waals surface area contributed by atoms with Crippen LogP contribution in [0.15, 0.2) is 24.3 Å². The van der Waals surface area contributed by atoms with Crippen molar-refractivity contribution >= 4 is 23.4 Å². The number of hydrogen-bond donors (Lipinski definition) is 3. The minimum atomic E-state index is -0.672. The van der Waals surface area contributed by atoms with Gasteiger partial charge in [-0.05, 0) is 24.5 Å². The maximum atomic E-state index is 12.1. The quantitative estimate of drug-likeness (QED) is 0.435. The Balaban J connectivity index is 2.82. The van der Waals surface area contributed by atoms with E-state index in [1.54, 1.807) is 24.3 Å². The monoisotopic (exact) mass is 283 g/mol. The molecular weight excluding hydrogens is 266 g/mol. The van der Waals surface area contributed by atoms with Gasteiger partial charge in [-0.3, -0.25) is 15.0 Å². The number of carbonyl (C=O) groups is 2. The Morgan fingerprint density at radius 1 is 1.32 bits per heavy atom. The topological polar surface area (TPSA) is 84.2 Å². The van der Waals surface area contributed by atoms with Gasteiger partial charge in [0, 0.05) is 0 Å². The Labute approximate surface area is 117 Å². The zero-order valence-corrected chi connectivity index (χ0v) is 11.7. The summed E-state index contributed by atoms with van der Waals surface area (Å²) in [6.45, 7) is 3.91. The predicted molar refractivity (Wildman–Crippen MR) is 74.5 cm³/mol. The highest BCUT2D eigenvalue weighted by Gasteiger charge is 2.22. The molecule has 6 heteroatoms. The van der Waals surface area contributed by atoms with Crippen molar-refractivity contribution in [3.8, 4) is 0 Å². The largest absolute Gasteiger partial charge is 0.340 e. The van der Waals surface area contributed by atoms with Gasteiger partial charge >= 0.3 is 0 Å². The first-order valence-corrected chi connectivity index (χ1v) is 6.39. The van der Waals surface area contributed by atoms with Gasteiger partial charge in [0.1, 0.15) is 6.04 Å². The van der Waals surface area contributed by atoms with Crippen LogP contribution in [-0.4, -0.2) is 17.9 Å². The highest BCUT2D eigenvalue weighted by molar-refractivity contribution is 6.33. The van der Waals surface area contributed by atoms with Crippen molar-refractivity contribution in [3.05, 3.63) is 34.9 Å². The van der Waals surface area contributed by atoms with Crippen molar-refractivity contribution in [1.29, 1.82) is 0 Å². The summed E-state index contributed by atoms with van der Waals surface area (Å²) < 4.78 is 0. The molecule has 0 radical (unpaired) electrons. The molecule has 0 unspecified atom stereocenters. The molecule has 0 fully saturated rings. The molecule has 0 aliphatic heterocycles. The van der Waals surface area contributed by atoms with Gasteiger partial charge < -0.3 is 5.32 Å². The first-order chi connectivity index (χ1) is 8.95. The van der Waals surface area contributed by atoms with E-state index < -0.39 is 11.9 Å². The molecule has 0 saturated heterocycles. The number of hydrogen-bond acceptors (Lipinski definition) is 3. The fourth-order valence-corrected chi connectivity index (χ4v) is 1.91. The zero-order chi connectivity index (χ0) is 14.4. The van der Waals surface area contributed by atoms with Crippen LogP contribution < -0.4 is 16.6 Å². The second kappa shape index (κ2) is 7.11. The number of nitrogens with one attached hydrogen (secondary N) is 2. The third-order valence-electron chi connectivity index (χ3n) is 2.59. The molecule has 104 valence electrons. The molecule has 0 heterocycles. The number of hydrazine groups is 1. The first-order valence-electron chi connectivity index (χ1n) is 6.01. The van der Waals surface area contributed by atoms with Crippen molar-refractivity contribution in [3.63, 3.8) is 0 Å². The Bertz CT molecular complexity index is 463. The van der Waals surface area contributed by atoms with E-state index in [0.29, 0.717) is 17.0 Å². The van der Waals surface area contributed by atoms with Gasteiger partial charge in [-0.1, -0.05) is 37.6 Å². The third-order valence-corrected chi connectivity index (χ3v) is 2.92. The van der Waals surface area contributed by atoms with Gasteiger partial charge in [0.2, 0.25) is 0 Å². The number of nitrogens with two attached hydrogens (primary N) is 1. The van der Waals surface area contributed by atoms with Crippen molar-refractivity contribution in [2.45, 2.75) is 26.3 Å². The number of halogens is 1. The molecule has 0 aliphatic carbocycles. The van der Waals surface area contributed by atoms with Gasteiger partial charge in [0.25, 0.3) is 11.8 Å². The average Bonchev–Trinajstić information content (AvgIpc) is 2.36. The summed E-state index contributed by atoms with van der Waals surface area (Å²) in [5, 5.41) is 2.98. The molecular formula is C13H18ClN3O2. The molecule has 0 bridgehead atoms. The number of amides is 2. The van der Waals surface area contributed by atoms with E-state index in [0.717, 1.165) is 0 Å². The second-order valence-corrected chi connectivity index (χ2v) is 5.05. The molecule has 1 aromatic rings. The molecule has 1 rings (SSSR count). The molecule has 0 aliphatic rings. The van der Waals surface area contributed by atoms with E-state index >= 15 is 0 Å². The van der Waals surface area contributed by atoms with Crippen molar-refractivity contribution < 1.29 is 9.59 Å². The minimum Gasteiger partial charge on any atom is -0.340 e. The van der Waals surface area contributed by atoms with Crippen LogP contribution in [0.1, 0.15) is 30.6 Å². The summed E-state index contributed by atoms with van der Waals surface area (Å²) in [5.74, 6) is 4.55. The highest BCUT2D eigenvalue weighted by Crippen LogP contribution is 2.15. The normalized spacial score (nSPS) is 12.1. The lowest BCUT2D eigenvalue weighted by atomic mass is 10.0. The molecule has 1 atom stereocenters. The first kappa shape index (κ1) is 15.5.